The first-order chi connectivity index (χ1) is 12.5. The van der Waals surface area contributed by atoms with Crippen LogP contribution < -0.4 is 10.6 Å². The van der Waals surface area contributed by atoms with Crippen LogP contribution in [0.5, 0.6) is 0 Å². The number of nitrogens with zero attached hydrogens (tertiary/aromatic N) is 2. The highest BCUT2D eigenvalue weighted by molar-refractivity contribution is 7.80. The minimum absolute atomic E-state index is 0.0836. The summed E-state index contributed by atoms with van der Waals surface area (Å²) in [4.78, 5) is 14.0. The fourth-order valence-corrected chi connectivity index (χ4v) is 2.44. The van der Waals surface area contributed by atoms with Crippen LogP contribution in [0.3, 0.4) is 0 Å². The average Bonchev–Trinajstić information content (AvgIpc) is 3.10. The first kappa shape index (κ1) is 17.8. The lowest BCUT2D eigenvalue weighted by molar-refractivity contribution is -0.385. The van der Waals surface area contributed by atoms with Crippen molar-refractivity contribution in [3.63, 3.8) is 0 Å². The molecular weight excluding hydrogens is 376 g/mol. The van der Waals surface area contributed by atoms with Gasteiger partial charge in [-0.2, -0.15) is 0 Å². The Morgan fingerprint density at radius 1 is 1.19 bits per heavy atom. The normalized spacial score (nSPS) is 10.3. The lowest BCUT2D eigenvalue weighted by atomic mass is 10.2. The molecule has 0 aliphatic rings. The number of aromatic nitrogens is 1. The van der Waals surface area contributed by atoms with Crippen molar-refractivity contribution in [2.75, 3.05) is 5.32 Å². The summed E-state index contributed by atoms with van der Waals surface area (Å²) in [5.74, 6) is 1.85. The molecule has 0 bridgehead atoms. The molecule has 9 heteroatoms. The van der Waals surface area contributed by atoms with Gasteiger partial charge in [0.05, 0.1) is 11.5 Å². The van der Waals surface area contributed by atoms with Crippen molar-refractivity contribution < 1.29 is 9.34 Å². The summed E-state index contributed by atoms with van der Waals surface area (Å²) in [6, 6.07) is 13.9. The lowest BCUT2D eigenvalue weighted by Gasteiger charge is -2.08. The largest absolute Gasteiger partial charge is 0.459 e. The van der Waals surface area contributed by atoms with Crippen LogP contribution in [-0.2, 0) is 6.54 Å². The minimum atomic E-state index is -0.511. The smallest absolute Gasteiger partial charge is 0.287 e. The van der Waals surface area contributed by atoms with E-state index in [1.807, 2.05) is 24.3 Å². The molecule has 0 unspecified atom stereocenters. The third kappa shape index (κ3) is 4.56. The van der Waals surface area contributed by atoms with E-state index in [0.29, 0.717) is 28.3 Å². The number of thiocarbonyl (C=S) groups is 1. The molecule has 2 aromatic heterocycles. The number of halogens is 1. The summed E-state index contributed by atoms with van der Waals surface area (Å²) in [7, 11) is 0. The van der Waals surface area contributed by atoms with Crippen molar-refractivity contribution >= 4 is 40.4 Å². The maximum Gasteiger partial charge on any atom is 0.287 e. The maximum atomic E-state index is 10.6. The highest BCUT2D eigenvalue weighted by Crippen LogP contribution is 2.23. The lowest BCUT2D eigenvalue weighted by Crippen LogP contribution is -2.28. The van der Waals surface area contributed by atoms with Gasteiger partial charge in [-0.15, -0.1) is 0 Å². The van der Waals surface area contributed by atoms with Gasteiger partial charge in [0.1, 0.15) is 23.5 Å². The van der Waals surface area contributed by atoms with E-state index >= 15 is 0 Å². The van der Waals surface area contributed by atoms with Gasteiger partial charge in [0, 0.05) is 16.7 Å². The first-order valence-corrected chi connectivity index (χ1v) is 8.30. The van der Waals surface area contributed by atoms with Crippen LogP contribution in [-0.4, -0.2) is 15.0 Å². The van der Waals surface area contributed by atoms with E-state index in [1.165, 1.54) is 12.1 Å². The van der Waals surface area contributed by atoms with Gasteiger partial charge in [-0.1, -0.05) is 11.6 Å². The molecule has 0 amide bonds. The van der Waals surface area contributed by atoms with Crippen molar-refractivity contribution in [3.8, 4) is 11.3 Å². The predicted octanol–water partition coefficient (Wildman–Crippen LogP) is 4.39. The molecule has 0 aliphatic heterocycles. The minimum Gasteiger partial charge on any atom is -0.459 e. The van der Waals surface area contributed by atoms with E-state index in [2.05, 4.69) is 15.6 Å². The van der Waals surface area contributed by atoms with E-state index in [4.69, 9.17) is 28.2 Å². The summed E-state index contributed by atoms with van der Waals surface area (Å²) in [6.45, 7) is 0.381. The van der Waals surface area contributed by atoms with Crippen LogP contribution in [0.1, 0.15) is 5.76 Å². The van der Waals surface area contributed by atoms with Gasteiger partial charge < -0.3 is 15.1 Å². The second kappa shape index (κ2) is 7.94. The number of benzene rings is 1. The summed E-state index contributed by atoms with van der Waals surface area (Å²) in [5.41, 5.74) is 0.844. The second-order valence-corrected chi connectivity index (χ2v) is 6.08. The highest BCUT2D eigenvalue weighted by Gasteiger charge is 2.08. The zero-order valence-corrected chi connectivity index (χ0v) is 14.9. The first-order valence-electron chi connectivity index (χ1n) is 7.51. The van der Waals surface area contributed by atoms with Gasteiger partial charge in [0.15, 0.2) is 5.11 Å². The Bertz CT molecular complexity index is 926. The highest BCUT2D eigenvalue weighted by atomic mass is 35.5. The van der Waals surface area contributed by atoms with E-state index in [-0.39, 0.29) is 5.69 Å². The molecule has 0 aliphatic carbocycles. The SMILES string of the molecule is O=[N+]([O-])c1ccc(NC(=S)NCc2ccc(-c3ccc(Cl)cc3)o2)nc1. The molecule has 132 valence electrons. The molecule has 0 saturated carbocycles. The molecule has 0 spiro atoms. The quantitative estimate of drug-likeness (QED) is 0.380. The van der Waals surface area contributed by atoms with E-state index in [0.717, 1.165) is 17.5 Å². The zero-order valence-electron chi connectivity index (χ0n) is 13.3. The van der Waals surface area contributed by atoms with Crippen LogP contribution in [0.15, 0.2) is 59.1 Å². The van der Waals surface area contributed by atoms with Gasteiger partial charge in [0.25, 0.3) is 5.69 Å². The Balaban J connectivity index is 1.54. The number of furan rings is 1. The van der Waals surface area contributed by atoms with Crippen molar-refractivity contribution in [2.45, 2.75) is 6.54 Å². The van der Waals surface area contributed by atoms with Gasteiger partial charge in [-0.3, -0.25) is 10.1 Å². The molecule has 2 N–H and O–H groups in total. The molecule has 3 rings (SSSR count). The third-order valence-electron chi connectivity index (χ3n) is 3.41. The maximum absolute atomic E-state index is 10.6. The molecule has 2 heterocycles. The van der Waals surface area contributed by atoms with Crippen LogP contribution in [0.2, 0.25) is 5.02 Å². The van der Waals surface area contributed by atoms with E-state index in [1.54, 1.807) is 12.1 Å². The monoisotopic (exact) mass is 388 g/mol. The molecule has 0 fully saturated rings. The summed E-state index contributed by atoms with van der Waals surface area (Å²) >= 11 is 11.1. The van der Waals surface area contributed by atoms with E-state index in [9.17, 15) is 10.1 Å². The standard InChI is InChI=1S/C17H13ClN4O3S/c18-12-3-1-11(2-4-12)15-7-6-14(25-15)10-20-17(26)21-16-8-5-13(9-19-16)22(23)24/h1-9H,10H2,(H2,19,20,21,26). The van der Waals surface area contributed by atoms with Gasteiger partial charge >= 0.3 is 0 Å². The van der Waals surface area contributed by atoms with E-state index < -0.39 is 4.92 Å². The Labute approximate surface area is 159 Å². The van der Waals surface area contributed by atoms with Crippen LogP contribution in [0.25, 0.3) is 11.3 Å². The van der Waals surface area contributed by atoms with Gasteiger partial charge in [-0.05, 0) is 54.7 Å². The van der Waals surface area contributed by atoms with Crippen molar-refractivity contribution in [3.05, 3.63) is 75.6 Å². The number of rotatable bonds is 5. The van der Waals surface area contributed by atoms with Crippen LogP contribution >= 0.6 is 23.8 Å². The van der Waals surface area contributed by atoms with Crippen molar-refractivity contribution in [2.24, 2.45) is 0 Å². The number of hydrogen-bond acceptors (Lipinski definition) is 5. The molecule has 1 aromatic carbocycles. The van der Waals surface area contributed by atoms with Crippen molar-refractivity contribution in [1.29, 1.82) is 0 Å². The Morgan fingerprint density at radius 3 is 2.62 bits per heavy atom. The van der Waals surface area contributed by atoms with Gasteiger partial charge in [0.2, 0.25) is 0 Å². The fourth-order valence-electron chi connectivity index (χ4n) is 2.14. The Hall–Kier alpha value is -2.97. The number of nitro groups is 1. The molecule has 26 heavy (non-hydrogen) atoms. The molecule has 0 atom stereocenters. The number of nitrogens with one attached hydrogen (secondary N) is 2. The molecule has 0 saturated heterocycles. The molecule has 7 nitrogen and oxygen atoms in total. The molecule has 3 aromatic rings. The summed E-state index contributed by atoms with van der Waals surface area (Å²) in [5, 5.41) is 17.4. The fraction of sp³-hybridized carbons (Fsp3) is 0.0588. The predicted molar refractivity (Wildman–Crippen MR) is 103 cm³/mol. The summed E-state index contributed by atoms with van der Waals surface area (Å²) < 4.78 is 5.77. The summed E-state index contributed by atoms with van der Waals surface area (Å²) in [6.07, 6.45) is 1.16. The zero-order chi connectivity index (χ0) is 18.5. The topological polar surface area (TPSA) is 93.2 Å². The average molecular weight is 389 g/mol. The second-order valence-electron chi connectivity index (χ2n) is 5.24. The molecule has 0 radical (unpaired) electrons. The number of pyridine rings is 1. The van der Waals surface area contributed by atoms with Crippen LogP contribution in [0, 0.1) is 10.1 Å². The van der Waals surface area contributed by atoms with Crippen LogP contribution in [0.4, 0.5) is 11.5 Å². The Morgan fingerprint density at radius 2 is 1.96 bits per heavy atom. The number of hydrogen-bond donors (Lipinski definition) is 2. The van der Waals surface area contributed by atoms with Crippen molar-refractivity contribution in [1.82, 2.24) is 10.3 Å². The third-order valence-corrected chi connectivity index (χ3v) is 3.91. The van der Waals surface area contributed by atoms with Gasteiger partial charge in [-0.25, -0.2) is 4.98 Å². The number of anilines is 1. The Kier molecular flexibility index (Phi) is 5.45. The molecular formula is C17H13ClN4O3S.